The Hall–Kier alpha value is -2.41. The van der Waals surface area contributed by atoms with Crippen molar-refractivity contribution in [3.63, 3.8) is 0 Å². The molecule has 1 heteroatoms. The number of unbranched alkanes of at least 4 members (excludes halogenated alkanes) is 6. The predicted molar refractivity (Wildman–Crippen MR) is 133 cm³/mol. The van der Waals surface area contributed by atoms with Crippen LogP contribution in [0.5, 0.6) is 0 Å². The normalized spacial score (nSPS) is 11.1. The van der Waals surface area contributed by atoms with Crippen molar-refractivity contribution >= 4 is 24.5 Å². The van der Waals surface area contributed by atoms with E-state index in [2.05, 4.69) is 69.0 Å². The third kappa shape index (κ3) is 7.78. The van der Waals surface area contributed by atoms with E-state index in [0.717, 1.165) is 36.7 Å². The summed E-state index contributed by atoms with van der Waals surface area (Å²) < 4.78 is 0. The second kappa shape index (κ2) is 13.7. The standard InChI is InChI=1S/C29H38O/c1-4-7-9-11-13-26-22-29(23-30)27(14-12-10-8-5-2)21-28(26)20-19-25-17-15-24(6-3)16-18-25/h6,15-23H,3-5,7-14H2,1-2H3/b20-19+. The molecule has 0 amide bonds. The zero-order valence-electron chi connectivity index (χ0n) is 19.0. The summed E-state index contributed by atoms with van der Waals surface area (Å²) in [5.41, 5.74) is 6.94. The van der Waals surface area contributed by atoms with Crippen molar-refractivity contribution in [1.29, 1.82) is 0 Å². The molecule has 0 aromatic heterocycles. The van der Waals surface area contributed by atoms with Crippen LogP contribution in [-0.2, 0) is 12.8 Å². The first-order chi connectivity index (χ1) is 14.7. The second-order valence-corrected chi connectivity index (χ2v) is 8.19. The smallest absolute Gasteiger partial charge is 0.150 e. The van der Waals surface area contributed by atoms with Gasteiger partial charge in [-0.1, -0.05) is 108 Å². The minimum Gasteiger partial charge on any atom is -0.298 e. The van der Waals surface area contributed by atoms with Crippen molar-refractivity contribution in [2.24, 2.45) is 0 Å². The van der Waals surface area contributed by atoms with E-state index in [-0.39, 0.29) is 0 Å². The van der Waals surface area contributed by atoms with Gasteiger partial charge in [-0.3, -0.25) is 4.79 Å². The molecule has 0 aliphatic carbocycles. The first-order valence-electron chi connectivity index (χ1n) is 11.7. The van der Waals surface area contributed by atoms with Crippen LogP contribution in [0.15, 0.2) is 43.0 Å². The van der Waals surface area contributed by atoms with E-state index in [1.165, 1.54) is 67.2 Å². The number of carbonyl (C=O) groups excluding carboxylic acids is 1. The van der Waals surface area contributed by atoms with E-state index in [0.29, 0.717) is 0 Å². The number of carbonyl (C=O) groups is 1. The Morgan fingerprint density at radius 3 is 1.77 bits per heavy atom. The van der Waals surface area contributed by atoms with E-state index in [1.54, 1.807) is 0 Å². The largest absolute Gasteiger partial charge is 0.298 e. The van der Waals surface area contributed by atoms with Crippen LogP contribution in [-0.4, -0.2) is 6.29 Å². The van der Waals surface area contributed by atoms with Crippen molar-refractivity contribution in [3.8, 4) is 0 Å². The summed E-state index contributed by atoms with van der Waals surface area (Å²) >= 11 is 0. The monoisotopic (exact) mass is 402 g/mol. The SMILES string of the molecule is C=Cc1ccc(/C=C/c2cc(CCCCCC)c(C=O)cc2CCCCCC)cc1. The fourth-order valence-electron chi connectivity index (χ4n) is 3.84. The second-order valence-electron chi connectivity index (χ2n) is 8.19. The van der Waals surface area contributed by atoms with Gasteiger partial charge >= 0.3 is 0 Å². The number of benzene rings is 2. The van der Waals surface area contributed by atoms with Gasteiger partial charge in [-0.15, -0.1) is 0 Å². The van der Waals surface area contributed by atoms with Gasteiger partial charge in [-0.2, -0.15) is 0 Å². The van der Waals surface area contributed by atoms with Gasteiger partial charge in [0, 0.05) is 5.56 Å². The van der Waals surface area contributed by atoms with Crippen molar-refractivity contribution in [1.82, 2.24) is 0 Å². The van der Waals surface area contributed by atoms with Crippen LogP contribution in [0.4, 0.5) is 0 Å². The lowest BCUT2D eigenvalue weighted by molar-refractivity contribution is 0.112. The summed E-state index contributed by atoms with van der Waals surface area (Å²) in [6.45, 7) is 8.29. The van der Waals surface area contributed by atoms with Gasteiger partial charge in [0.15, 0.2) is 0 Å². The first-order valence-corrected chi connectivity index (χ1v) is 11.7. The highest BCUT2D eigenvalue weighted by Crippen LogP contribution is 2.23. The zero-order valence-corrected chi connectivity index (χ0v) is 19.0. The van der Waals surface area contributed by atoms with Crippen molar-refractivity contribution < 1.29 is 4.79 Å². The van der Waals surface area contributed by atoms with Crippen LogP contribution in [0.3, 0.4) is 0 Å². The lowest BCUT2D eigenvalue weighted by atomic mass is 9.92. The summed E-state index contributed by atoms with van der Waals surface area (Å²) in [4.78, 5) is 11.8. The van der Waals surface area contributed by atoms with Crippen molar-refractivity contribution in [2.45, 2.75) is 78.1 Å². The predicted octanol–water partition coefficient (Wildman–Crippen LogP) is 8.56. The Morgan fingerprint density at radius 2 is 1.23 bits per heavy atom. The molecule has 0 saturated heterocycles. The summed E-state index contributed by atoms with van der Waals surface area (Å²) in [6.07, 6.45) is 19.2. The Kier molecular flexibility index (Phi) is 10.9. The molecule has 0 N–H and O–H groups in total. The lowest BCUT2D eigenvalue weighted by Crippen LogP contribution is -2.00. The Morgan fingerprint density at radius 1 is 0.700 bits per heavy atom. The van der Waals surface area contributed by atoms with Gasteiger partial charge < -0.3 is 0 Å². The molecular weight excluding hydrogens is 364 g/mol. The minimum atomic E-state index is 0.879. The molecule has 0 spiro atoms. The highest BCUT2D eigenvalue weighted by Gasteiger charge is 2.09. The number of hydrogen-bond donors (Lipinski definition) is 0. The van der Waals surface area contributed by atoms with Gasteiger partial charge in [0.1, 0.15) is 6.29 Å². The molecule has 30 heavy (non-hydrogen) atoms. The van der Waals surface area contributed by atoms with Gasteiger partial charge in [0.2, 0.25) is 0 Å². The summed E-state index contributed by atoms with van der Waals surface area (Å²) in [7, 11) is 0. The molecule has 0 unspecified atom stereocenters. The molecule has 0 bridgehead atoms. The van der Waals surface area contributed by atoms with E-state index in [9.17, 15) is 4.79 Å². The average Bonchev–Trinajstić information content (AvgIpc) is 2.79. The maximum atomic E-state index is 11.8. The van der Waals surface area contributed by atoms with Crippen LogP contribution in [0, 0.1) is 0 Å². The zero-order chi connectivity index (χ0) is 21.6. The molecule has 0 saturated carbocycles. The quantitative estimate of drug-likeness (QED) is 0.176. The van der Waals surface area contributed by atoms with E-state index >= 15 is 0 Å². The van der Waals surface area contributed by atoms with Gasteiger partial charge in [0.25, 0.3) is 0 Å². The van der Waals surface area contributed by atoms with Gasteiger partial charge in [0.05, 0.1) is 0 Å². The number of aldehydes is 1. The van der Waals surface area contributed by atoms with E-state index in [4.69, 9.17) is 0 Å². The maximum Gasteiger partial charge on any atom is 0.150 e. The summed E-state index contributed by atoms with van der Waals surface area (Å²) in [6, 6.07) is 12.8. The van der Waals surface area contributed by atoms with Crippen LogP contribution in [0.1, 0.15) is 103 Å². The molecule has 1 nitrogen and oxygen atoms in total. The van der Waals surface area contributed by atoms with Gasteiger partial charge in [-0.25, -0.2) is 0 Å². The molecule has 2 aromatic rings. The topological polar surface area (TPSA) is 17.1 Å². The Labute approximate surface area is 183 Å². The number of rotatable bonds is 14. The van der Waals surface area contributed by atoms with Crippen LogP contribution < -0.4 is 0 Å². The van der Waals surface area contributed by atoms with Crippen LogP contribution in [0.25, 0.3) is 18.2 Å². The Balaban J connectivity index is 2.26. The summed E-state index contributed by atoms with van der Waals surface area (Å²) in [5.74, 6) is 0. The first kappa shape index (κ1) is 23.9. The third-order valence-electron chi connectivity index (χ3n) is 5.75. The van der Waals surface area contributed by atoms with Crippen LogP contribution in [0.2, 0.25) is 0 Å². The van der Waals surface area contributed by atoms with Gasteiger partial charge in [-0.05, 0) is 59.6 Å². The molecule has 0 heterocycles. The highest BCUT2D eigenvalue weighted by molar-refractivity contribution is 5.80. The molecule has 0 aliphatic rings. The van der Waals surface area contributed by atoms with Crippen molar-refractivity contribution in [3.05, 3.63) is 76.4 Å². The highest BCUT2D eigenvalue weighted by atomic mass is 16.1. The molecule has 0 fully saturated rings. The lowest BCUT2D eigenvalue weighted by Gasteiger charge is -2.13. The molecule has 0 atom stereocenters. The molecular formula is C29H38O. The minimum absolute atomic E-state index is 0.879. The number of hydrogen-bond acceptors (Lipinski definition) is 1. The molecule has 0 aliphatic heterocycles. The molecule has 2 aromatic carbocycles. The Bertz CT molecular complexity index is 811. The third-order valence-corrected chi connectivity index (χ3v) is 5.75. The van der Waals surface area contributed by atoms with Crippen LogP contribution >= 0.6 is 0 Å². The average molecular weight is 403 g/mol. The maximum absolute atomic E-state index is 11.8. The fourth-order valence-corrected chi connectivity index (χ4v) is 3.84. The fraction of sp³-hybridized carbons (Fsp3) is 0.414. The number of aryl methyl sites for hydroxylation is 2. The summed E-state index contributed by atoms with van der Waals surface area (Å²) in [5, 5.41) is 0. The molecule has 0 radical (unpaired) electrons. The van der Waals surface area contributed by atoms with Crippen molar-refractivity contribution in [2.75, 3.05) is 0 Å². The molecule has 2 rings (SSSR count). The molecule has 160 valence electrons. The van der Waals surface area contributed by atoms with E-state index in [1.807, 2.05) is 6.08 Å². The van der Waals surface area contributed by atoms with E-state index < -0.39 is 0 Å².